The summed E-state index contributed by atoms with van der Waals surface area (Å²) in [5.74, 6) is -1.51. The Kier molecular flexibility index (Phi) is 4.95. The molecule has 2 amide bonds. The van der Waals surface area contributed by atoms with E-state index in [0.717, 1.165) is 23.4 Å². The lowest BCUT2D eigenvalue weighted by Gasteiger charge is -2.01. The Labute approximate surface area is 130 Å². The molecule has 1 saturated heterocycles. The molecule has 2 N–H and O–H groups in total. The van der Waals surface area contributed by atoms with Crippen LogP contribution in [-0.4, -0.2) is 30.1 Å². The Hall–Kier alpha value is -2.61. The van der Waals surface area contributed by atoms with Crippen LogP contribution in [0.25, 0.3) is 0 Å². The van der Waals surface area contributed by atoms with Gasteiger partial charge in [0.2, 0.25) is 0 Å². The number of hydrogen-bond acceptors (Lipinski definition) is 6. The minimum absolute atomic E-state index is 0.148. The zero-order valence-electron chi connectivity index (χ0n) is 11.9. The number of amides is 2. The molecule has 0 spiro atoms. The predicted octanol–water partition coefficient (Wildman–Crippen LogP) is 0.916. The molecule has 0 radical (unpaired) electrons. The standard InChI is InChI=1S/C14H13N3O4S/c1-8-3-5-9(6-4-8)12(19)16-17-14-15-13(20)10(22-14)7-11(18)21-2/h3-7H,1-2H3,(H,16,19)(H,15,17,20)/b10-7+. The Morgan fingerprint density at radius 1 is 1.32 bits per heavy atom. The van der Waals surface area contributed by atoms with Crippen LogP contribution in [-0.2, 0) is 14.3 Å². The number of nitrogens with zero attached hydrogens (tertiary/aromatic N) is 1. The van der Waals surface area contributed by atoms with Gasteiger partial charge in [0.05, 0.1) is 12.0 Å². The molecule has 0 bridgehead atoms. The molecule has 7 nitrogen and oxygen atoms in total. The van der Waals surface area contributed by atoms with Gasteiger partial charge in [-0.25, -0.2) is 10.2 Å². The van der Waals surface area contributed by atoms with Crippen molar-refractivity contribution in [2.24, 2.45) is 5.10 Å². The number of nitrogens with one attached hydrogen (secondary N) is 2. The summed E-state index contributed by atoms with van der Waals surface area (Å²) in [5, 5.41) is 6.42. The van der Waals surface area contributed by atoms with E-state index < -0.39 is 17.8 Å². The average molecular weight is 319 g/mol. The van der Waals surface area contributed by atoms with Gasteiger partial charge in [-0.15, -0.1) is 5.10 Å². The van der Waals surface area contributed by atoms with Gasteiger partial charge in [0.15, 0.2) is 5.17 Å². The summed E-state index contributed by atoms with van der Waals surface area (Å²) in [7, 11) is 1.22. The molecule has 1 aliphatic rings. The number of hydrazone groups is 1. The third kappa shape index (κ3) is 3.95. The number of thioether (sulfide) groups is 1. The van der Waals surface area contributed by atoms with E-state index in [9.17, 15) is 14.4 Å². The van der Waals surface area contributed by atoms with Crippen molar-refractivity contribution in [1.82, 2.24) is 10.7 Å². The first kappa shape index (κ1) is 15.8. The summed E-state index contributed by atoms with van der Waals surface area (Å²) in [6.07, 6.45) is 1.06. The first-order chi connectivity index (χ1) is 10.5. The van der Waals surface area contributed by atoms with Gasteiger partial charge in [0.25, 0.3) is 11.8 Å². The summed E-state index contributed by atoms with van der Waals surface area (Å²) in [6.45, 7) is 1.92. The highest BCUT2D eigenvalue weighted by Gasteiger charge is 2.25. The number of ether oxygens (including phenoxy) is 1. The van der Waals surface area contributed by atoms with Crippen LogP contribution in [0.1, 0.15) is 15.9 Å². The fourth-order valence-corrected chi connectivity index (χ4v) is 2.26. The van der Waals surface area contributed by atoms with Gasteiger partial charge >= 0.3 is 5.97 Å². The molecule has 1 aromatic rings. The van der Waals surface area contributed by atoms with E-state index >= 15 is 0 Å². The zero-order valence-corrected chi connectivity index (χ0v) is 12.7. The molecule has 1 aromatic carbocycles. The number of benzene rings is 1. The fraction of sp³-hybridized carbons (Fsp3) is 0.143. The monoisotopic (exact) mass is 319 g/mol. The van der Waals surface area contributed by atoms with Crippen molar-refractivity contribution in [1.29, 1.82) is 0 Å². The second-order valence-electron chi connectivity index (χ2n) is 4.31. The second-order valence-corrected chi connectivity index (χ2v) is 5.34. The maximum absolute atomic E-state index is 11.9. The SMILES string of the molecule is COC(=O)/C=C1/S/C(=N/NC(=O)c2ccc(C)cc2)NC1=O. The van der Waals surface area contributed by atoms with Crippen molar-refractivity contribution in [3.63, 3.8) is 0 Å². The first-order valence-electron chi connectivity index (χ1n) is 6.23. The highest BCUT2D eigenvalue weighted by atomic mass is 32.2. The van der Waals surface area contributed by atoms with E-state index in [4.69, 9.17) is 0 Å². The summed E-state index contributed by atoms with van der Waals surface area (Å²) in [6, 6.07) is 6.97. The largest absolute Gasteiger partial charge is 0.466 e. The molecule has 1 aliphatic heterocycles. The number of carbonyl (C=O) groups excluding carboxylic acids is 3. The molecule has 8 heteroatoms. The number of esters is 1. The Bertz CT molecular complexity index is 680. The van der Waals surface area contributed by atoms with Gasteiger partial charge in [-0.05, 0) is 30.8 Å². The normalized spacial score (nSPS) is 17.5. The maximum Gasteiger partial charge on any atom is 0.331 e. The zero-order chi connectivity index (χ0) is 16.1. The smallest absolute Gasteiger partial charge is 0.331 e. The van der Waals surface area contributed by atoms with E-state index in [2.05, 4.69) is 20.6 Å². The highest BCUT2D eigenvalue weighted by molar-refractivity contribution is 8.18. The minimum Gasteiger partial charge on any atom is -0.466 e. The van der Waals surface area contributed by atoms with Crippen LogP contribution in [0.15, 0.2) is 40.3 Å². The lowest BCUT2D eigenvalue weighted by atomic mass is 10.1. The average Bonchev–Trinajstić information content (AvgIpc) is 2.85. The van der Waals surface area contributed by atoms with E-state index in [1.165, 1.54) is 7.11 Å². The molecular weight excluding hydrogens is 306 g/mol. The molecule has 1 fully saturated rings. The van der Waals surface area contributed by atoms with Crippen LogP contribution in [0.4, 0.5) is 0 Å². The minimum atomic E-state index is -0.636. The van der Waals surface area contributed by atoms with Crippen LogP contribution in [0.5, 0.6) is 0 Å². The Balaban J connectivity index is 2.01. The van der Waals surface area contributed by atoms with E-state index in [0.29, 0.717) is 5.56 Å². The molecule has 22 heavy (non-hydrogen) atoms. The molecule has 0 saturated carbocycles. The van der Waals surface area contributed by atoms with Crippen molar-refractivity contribution in [2.45, 2.75) is 6.92 Å². The molecule has 1 heterocycles. The molecule has 0 unspecified atom stereocenters. The van der Waals surface area contributed by atoms with Crippen LogP contribution < -0.4 is 10.7 Å². The number of amidine groups is 1. The Morgan fingerprint density at radius 2 is 2.00 bits per heavy atom. The molecule has 114 valence electrons. The first-order valence-corrected chi connectivity index (χ1v) is 7.05. The van der Waals surface area contributed by atoms with Gasteiger partial charge in [-0.2, -0.15) is 0 Å². The Morgan fingerprint density at radius 3 is 2.64 bits per heavy atom. The van der Waals surface area contributed by atoms with E-state index in [-0.39, 0.29) is 10.1 Å². The van der Waals surface area contributed by atoms with Crippen molar-refractivity contribution in [2.75, 3.05) is 7.11 Å². The molecule has 2 rings (SSSR count). The number of methoxy groups -OCH3 is 1. The fourth-order valence-electron chi connectivity index (χ4n) is 1.52. The van der Waals surface area contributed by atoms with Crippen LogP contribution in [0, 0.1) is 6.92 Å². The number of hydrogen-bond donors (Lipinski definition) is 2. The summed E-state index contributed by atoms with van der Waals surface area (Å²) >= 11 is 0.937. The molecule has 0 aliphatic carbocycles. The van der Waals surface area contributed by atoms with Crippen LogP contribution >= 0.6 is 11.8 Å². The third-order valence-electron chi connectivity index (χ3n) is 2.67. The molecule has 0 atom stereocenters. The van der Waals surface area contributed by atoms with Gasteiger partial charge in [0, 0.05) is 11.6 Å². The van der Waals surface area contributed by atoms with E-state index in [1.807, 2.05) is 19.1 Å². The molecule has 0 aromatic heterocycles. The molecular formula is C14H13N3O4S. The summed E-state index contributed by atoms with van der Waals surface area (Å²) < 4.78 is 4.44. The van der Waals surface area contributed by atoms with Crippen molar-refractivity contribution >= 4 is 34.7 Å². The van der Waals surface area contributed by atoms with Gasteiger partial charge in [-0.3, -0.25) is 14.9 Å². The third-order valence-corrected chi connectivity index (χ3v) is 3.58. The number of rotatable bonds is 3. The van der Waals surface area contributed by atoms with Gasteiger partial charge < -0.3 is 4.74 Å². The van der Waals surface area contributed by atoms with Crippen molar-refractivity contribution in [3.05, 3.63) is 46.4 Å². The van der Waals surface area contributed by atoms with Gasteiger partial charge in [-0.1, -0.05) is 17.7 Å². The number of carbonyl (C=O) groups is 3. The second kappa shape index (κ2) is 6.90. The summed E-state index contributed by atoms with van der Waals surface area (Å²) in [5.41, 5.74) is 3.83. The quantitative estimate of drug-likeness (QED) is 0.490. The van der Waals surface area contributed by atoms with Crippen molar-refractivity contribution in [3.8, 4) is 0 Å². The lowest BCUT2D eigenvalue weighted by molar-refractivity contribution is -0.135. The van der Waals surface area contributed by atoms with Gasteiger partial charge in [0.1, 0.15) is 0 Å². The maximum atomic E-state index is 11.9. The topological polar surface area (TPSA) is 96.9 Å². The van der Waals surface area contributed by atoms with Crippen LogP contribution in [0.3, 0.4) is 0 Å². The lowest BCUT2D eigenvalue weighted by Crippen LogP contribution is -2.25. The van der Waals surface area contributed by atoms with Crippen molar-refractivity contribution < 1.29 is 19.1 Å². The summed E-state index contributed by atoms with van der Waals surface area (Å²) in [4.78, 5) is 34.7. The van der Waals surface area contributed by atoms with E-state index in [1.54, 1.807) is 12.1 Å². The highest BCUT2D eigenvalue weighted by Crippen LogP contribution is 2.23. The predicted molar refractivity (Wildman–Crippen MR) is 81.9 cm³/mol. The van der Waals surface area contributed by atoms with Crippen LogP contribution in [0.2, 0.25) is 0 Å². The number of aryl methyl sites for hydroxylation is 1.